The molecule has 624 valence electrons. The van der Waals surface area contributed by atoms with Crippen LogP contribution in [0.4, 0.5) is 79.9 Å². The summed E-state index contributed by atoms with van der Waals surface area (Å²) in [5, 5.41) is 44.7. The Morgan fingerprint density at radius 3 is 0.643 bits per heavy atom. The monoisotopic (exact) mass is 1930 g/mol. The van der Waals surface area contributed by atoms with E-state index < -0.39 is 23.4 Å². The number of benzene rings is 3. The summed E-state index contributed by atoms with van der Waals surface area (Å²) in [4.78, 5) is 31.4. The minimum absolute atomic E-state index is 0. The molecule has 0 fully saturated rings. The second-order valence-electron chi connectivity index (χ2n) is 20.6. The molecule has 112 heavy (non-hydrogen) atoms. The standard InChI is InChI=1S/3C10H8N2.C10H14NO.C10H14N.C9H11FN.6C2H4N.3F6P.3Ru/c3*1-3-7-11-9(5-1)10-6-2-4-8-12-10;1-11(2)8-9-4-6-10(12-3)7-5-9;1-9-4-6-10(7-5-9)8-11(2)3;1-11(2)7-8-3-5-9(10)6-4-8;6*1-2-3;3*1-7(2,3,4,5)6;;;/h3*1-8H;4,6-7H,8H2,1-3H3;4-6H,8H2,1-3H3;3,5-6H,7H2,1-2H3;6*2H,1H3;;;;;;/q;;;12*-1;3*+4. The van der Waals surface area contributed by atoms with Crippen molar-refractivity contribution < 1.29 is 143 Å². The third-order valence-corrected chi connectivity index (χ3v) is 9.19. The van der Waals surface area contributed by atoms with Crippen molar-refractivity contribution in [3.8, 4) is 39.9 Å². The second kappa shape index (κ2) is 59.8. The summed E-state index contributed by atoms with van der Waals surface area (Å²) in [5.41, 5.74) is 10.2. The van der Waals surface area contributed by atoms with E-state index in [1.165, 1.54) is 28.8 Å². The Kier molecular flexibility index (Phi) is 65.3. The van der Waals surface area contributed by atoms with Gasteiger partial charge in [0.05, 0.1) is 41.3 Å². The first-order valence-electron chi connectivity index (χ1n) is 30.6. The van der Waals surface area contributed by atoms with Crippen molar-refractivity contribution in [1.82, 2.24) is 44.6 Å². The van der Waals surface area contributed by atoms with Gasteiger partial charge in [-0.05, 0) is 115 Å². The number of hydrogen-bond donors (Lipinski definition) is 0. The van der Waals surface area contributed by atoms with Gasteiger partial charge in [-0.3, -0.25) is 34.3 Å². The Balaban J connectivity index is -0.000000149. The van der Waals surface area contributed by atoms with Gasteiger partial charge in [-0.2, -0.15) is 54.1 Å². The summed E-state index contributed by atoms with van der Waals surface area (Å²) in [5.74, 6) is 0.630. The van der Waals surface area contributed by atoms with Crippen LogP contribution in [0.2, 0.25) is 0 Å². The van der Waals surface area contributed by atoms with Gasteiger partial charge < -0.3 is 51.9 Å². The summed E-state index contributed by atoms with van der Waals surface area (Å²) < 4.78 is 195. The van der Waals surface area contributed by atoms with Gasteiger partial charge in [0.25, 0.3) is 0 Å². The third-order valence-electron chi connectivity index (χ3n) is 9.19. The molecule has 3 aromatic carbocycles. The fourth-order valence-electron chi connectivity index (χ4n) is 5.95. The third kappa shape index (κ3) is 113. The van der Waals surface area contributed by atoms with Crippen molar-refractivity contribution in [3.63, 3.8) is 0 Å². The van der Waals surface area contributed by atoms with Crippen molar-refractivity contribution in [3.05, 3.63) is 280 Å². The van der Waals surface area contributed by atoms with Crippen molar-refractivity contribution in [2.45, 2.75) is 68.1 Å². The zero-order valence-corrected chi connectivity index (χ0v) is 70.7. The van der Waals surface area contributed by atoms with E-state index >= 15 is 0 Å². The summed E-state index contributed by atoms with van der Waals surface area (Å²) >= 11 is 0. The molecule has 0 aliphatic rings. The minimum atomic E-state index is -10.7. The number of rotatable bonds is 10. The molecule has 9 rings (SSSR count). The normalized spacial score (nSPS) is 11.3. The maximum absolute atomic E-state index is 12.4. The maximum atomic E-state index is 12.4. The molecule has 0 aliphatic heterocycles. The molecule has 0 aliphatic carbocycles. The van der Waals surface area contributed by atoms with Crippen molar-refractivity contribution in [2.75, 3.05) is 49.4 Å². The van der Waals surface area contributed by atoms with Gasteiger partial charge in [-0.1, -0.05) is 84.9 Å². The largest absolute Gasteiger partial charge is 4.00 e. The molecule has 0 radical (unpaired) electrons. The van der Waals surface area contributed by atoms with Crippen LogP contribution in [0.25, 0.3) is 66.6 Å². The smallest absolute Gasteiger partial charge is 0.255 e. The Bertz CT molecular complexity index is 3300. The van der Waals surface area contributed by atoms with Gasteiger partial charge in [0.2, 0.25) is 0 Å². The first kappa shape index (κ1) is 122. The molecule has 0 saturated heterocycles. The van der Waals surface area contributed by atoms with E-state index in [1.54, 1.807) is 91.9 Å². The number of hydrogen-bond acceptors (Lipinski definition) is 10. The van der Waals surface area contributed by atoms with E-state index in [9.17, 15) is 79.9 Å². The Morgan fingerprint density at radius 1 is 0.321 bits per heavy atom. The topological polar surface area (TPSA) is 230 Å². The Labute approximate surface area is 681 Å². The maximum Gasteiger partial charge on any atom is 4.00 e. The molecule has 0 amide bonds. The fraction of sp³-hybridized carbons (Fsp3) is 0.239. The first-order valence-corrected chi connectivity index (χ1v) is 36.7. The van der Waals surface area contributed by atoms with Gasteiger partial charge in [0.15, 0.2) is 0 Å². The average molecular weight is 1920 g/mol. The van der Waals surface area contributed by atoms with Crippen LogP contribution in [0.1, 0.15) is 63.8 Å². The molecule has 41 heteroatoms. The van der Waals surface area contributed by atoms with E-state index in [0.29, 0.717) is 0 Å². The Hall–Kier alpha value is -7.91. The van der Waals surface area contributed by atoms with Crippen LogP contribution in [0.3, 0.4) is 0 Å². The molecule has 6 aromatic heterocycles. The van der Waals surface area contributed by atoms with Crippen molar-refractivity contribution in [2.24, 2.45) is 0 Å². The quantitative estimate of drug-likeness (QED) is 0.0413. The molecule has 9 aromatic rings. The number of nitrogens with zero attached hydrogens (tertiary/aromatic N) is 15. The minimum Gasteiger partial charge on any atom is -0.255 e. The summed E-state index contributed by atoms with van der Waals surface area (Å²) in [6.07, 6.45) is 16.6. The molecular formula is C71H87F19N15OP3Ru3. The first-order chi connectivity index (χ1) is 49.8. The molecule has 0 unspecified atom stereocenters. The molecule has 0 spiro atoms. The van der Waals surface area contributed by atoms with Crippen LogP contribution >= 0.6 is 23.4 Å². The number of aromatic nitrogens is 6. The molecular weight excluding hydrogens is 1840 g/mol. The van der Waals surface area contributed by atoms with Gasteiger partial charge in [-0.25, -0.2) is 37.3 Å². The van der Waals surface area contributed by atoms with E-state index in [-0.39, 0.29) is 64.3 Å². The van der Waals surface area contributed by atoms with Crippen molar-refractivity contribution in [1.29, 1.82) is 0 Å². The zero-order valence-electron chi connectivity index (χ0n) is 62.8. The zero-order chi connectivity index (χ0) is 85.7. The number of aryl methyl sites for hydroxylation is 1. The number of pyridine rings is 6. The van der Waals surface area contributed by atoms with Crippen LogP contribution < -0.4 is 4.74 Å². The average Bonchev–Trinajstić information content (AvgIpc) is 0.801. The van der Waals surface area contributed by atoms with Crippen LogP contribution in [0, 0.1) is 30.9 Å². The molecule has 16 nitrogen and oxygen atoms in total. The van der Waals surface area contributed by atoms with Gasteiger partial charge in [-0.15, -0.1) is 41.0 Å². The van der Waals surface area contributed by atoms with Gasteiger partial charge in [0, 0.05) is 68.4 Å². The summed E-state index contributed by atoms with van der Waals surface area (Å²) in [6, 6.07) is 60.7. The Morgan fingerprint density at radius 2 is 0.509 bits per heavy atom. The molecule has 6 heterocycles. The predicted octanol–water partition coefficient (Wildman–Crippen LogP) is 25.6. The fourth-order valence-corrected chi connectivity index (χ4v) is 5.95. The number of methoxy groups -OCH3 is 1. The van der Waals surface area contributed by atoms with Crippen LogP contribution in [-0.4, -0.2) is 131 Å². The van der Waals surface area contributed by atoms with Crippen LogP contribution in [0.15, 0.2) is 201 Å². The molecule has 0 bridgehead atoms. The van der Waals surface area contributed by atoms with E-state index in [1.807, 2.05) is 167 Å². The van der Waals surface area contributed by atoms with Gasteiger partial charge in [0.1, 0.15) is 0 Å². The molecule has 0 saturated carbocycles. The van der Waals surface area contributed by atoms with Crippen LogP contribution in [0.5, 0.6) is 5.75 Å². The van der Waals surface area contributed by atoms with E-state index in [4.69, 9.17) is 37.2 Å². The number of ether oxygens (including phenoxy) is 1. The predicted molar refractivity (Wildman–Crippen MR) is 413 cm³/mol. The summed E-state index contributed by atoms with van der Waals surface area (Å²) in [6.45, 7) is 14.1. The van der Waals surface area contributed by atoms with Crippen LogP contribution in [-0.2, 0) is 78.1 Å². The molecule has 0 atom stereocenters. The SMILES string of the molecule is CC=[N-].CC=[N-].CC=[N-].CC=[N-].CC=[N-].CC=[N-].CN(C)Cc1[c-]cc(F)cc1.COc1c[c-]c(CN(C)C)cc1.Cc1c[c-]c(CN(C)C)cc1.F[P-](F)(F)(F)(F)F.F[P-](F)(F)(F)(F)F.F[P-](F)(F)(F)(F)F.[Ru+4].[Ru+4].[Ru+4].c1ccc(-c2ccccn2)nc1.c1ccc(-c2ccccn2)nc1.c1ccc(-c2ccccn2)nc1. The van der Waals surface area contributed by atoms with E-state index in [2.05, 4.69) is 91.1 Å². The number of halogens is 19. The van der Waals surface area contributed by atoms with Gasteiger partial charge >= 0.3 is 157 Å². The second-order valence-corrected chi connectivity index (χ2v) is 26.4. The van der Waals surface area contributed by atoms with Crippen molar-refractivity contribution >= 4 is 60.7 Å². The van der Waals surface area contributed by atoms with E-state index in [0.717, 1.165) is 102 Å². The summed E-state index contributed by atoms with van der Waals surface area (Å²) in [7, 11) is -18.2. The molecule has 0 N–H and O–H groups in total.